The van der Waals surface area contributed by atoms with Gasteiger partial charge in [-0.15, -0.1) is 11.3 Å². The van der Waals surface area contributed by atoms with Crippen molar-refractivity contribution in [1.82, 2.24) is 5.32 Å². The van der Waals surface area contributed by atoms with Crippen molar-refractivity contribution in [2.24, 2.45) is 0 Å². The molecule has 1 aromatic heterocycles. The van der Waals surface area contributed by atoms with Crippen molar-refractivity contribution in [1.29, 1.82) is 0 Å². The minimum atomic E-state index is -3.35. The Bertz CT molecular complexity index is 1090. The lowest BCUT2D eigenvalue weighted by Crippen LogP contribution is -2.25. The van der Waals surface area contributed by atoms with Crippen molar-refractivity contribution in [3.8, 4) is 0 Å². The molecule has 1 atom stereocenters. The van der Waals surface area contributed by atoms with E-state index in [1.54, 1.807) is 36.4 Å². The van der Waals surface area contributed by atoms with Gasteiger partial charge in [-0.25, -0.2) is 12.8 Å². The van der Waals surface area contributed by atoms with Crippen LogP contribution in [0, 0.1) is 5.82 Å². The molecule has 1 unspecified atom stereocenters. The first-order valence-electron chi connectivity index (χ1n) is 8.19. The highest BCUT2D eigenvalue weighted by Gasteiger charge is 2.16. The SMILES string of the molecule is CC(NC(=O)c1cc2cc(N(C)S(C)(=O)=O)ccc2s1)c1ccc(F)cc1. The first-order valence-corrected chi connectivity index (χ1v) is 10.9. The summed E-state index contributed by atoms with van der Waals surface area (Å²) in [6.45, 7) is 1.83. The standard InChI is InChI=1S/C19H19FN2O3S2/c1-12(13-4-6-15(20)7-5-13)21-19(23)18-11-14-10-16(8-9-17(14)26-18)22(2)27(3,24)25/h4-12H,1-3H3,(H,21,23). The van der Waals surface area contributed by atoms with Crippen LogP contribution in [0.4, 0.5) is 10.1 Å². The van der Waals surface area contributed by atoms with Crippen molar-refractivity contribution < 1.29 is 17.6 Å². The van der Waals surface area contributed by atoms with Gasteiger partial charge in [0.25, 0.3) is 5.91 Å². The normalized spacial score (nSPS) is 12.7. The topological polar surface area (TPSA) is 66.5 Å². The Morgan fingerprint density at radius 2 is 1.81 bits per heavy atom. The maximum atomic E-state index is 13.0. The number of benzene rings is 2. The predicted octanol–water partition coefficient (Wildman–Crippen LogP) is 3.93. The highest BCUT2D eigenvalue weighted by Crippen LogP contribution is 2.30. The maximum Gasteiger partial charge on any atom is 0.261 e. The van der Waals surface area contributed by atoms with Crippen LogP contribution in [0.2, 0.25) is 0 Å². The zero-order chi connectivity index (χ0) is 19.8. The second-order valence-electron chi connectivity index (χ2n) is 6.31. The minimum Gasteiger partial charge on any atom is -0.345 e. The van der Waals surface area contributed by atoms with Crippen LogP contribution in [-0.4, -0.2) is 27.6 Å². The molecule has 3 rings (SSSR count). The van der Waals surface area contributed by atoms with Crippen LogP contribution >= 0.6 is 11.3 Å². The van der Waals surface area contributed by atoms with Gasteiger partial charge in [0, 0.05) is 11.7 Å². The molecular weight excluding hydrogens is 387 g/mol. The third-order valence-corrected chi connectivity index (χ3v) is 6.62. The van der Waals surface area contributed by atoms with Crippen LogP contribution in [-0.2, 0) is 10.0 Å². The van der Waals surface area contributed by atoms with E-state index >= 15 is 0 Å². The van der Waals surface area contributed by atoms with Crippen LogP contribution in [0.25, 0.3) is 10.1 Å². The van der Waals surface area contributed by atoms with E-state index in [1.807, 2.05) is 6.92 Å². The highest BCUT2D eigenvalue weighted by molar-refractivity contribution is 7.92. The molecule has 0 bridgehead atoms. The number of rotatable bonds is 5. The number of carbonyl (C=O) groups excluding carboxylic acids is 1. The Morgan fingerprint density at radius 3 is 2.44 bits per heavy atom. The number of sulfonamides is 1. The zero-order valence-electron chi connectivity index (χ0n) is 15.1. The zero-order valence-corrected chi connectivity index (χ0v) is 16.7. The number of nitrogens with zero attached hydrogens (tertiary/aromatic N) is 1. The molecule has 1 amide bonds. The fourth-order valence-corrected chi connectivity index (χ4v) is 4.08. The summed E-state index contributed by atoms with van der Waals surface area (Å²) >= 11 is 1.33. The molecule has 0 saturated heterocycles. The molecule has 0 aliphatic heterocycles. The smallest absolute Gasteiger partial charge is 0.261 e. The fourth-order valence-electron chi connectivity index (χ4n) is 2.63. The Morgan fingerprint density at radius 1 is 1.15 bits per heavy atom. The number of anilines is 1. The summed E-state index contributed by atoms with van der Waals surface area (Å²) in [6, 6.07) is 12.7. The lowest BCUT2D eigenvalue weighted by Gasteiger charge is -2.16. The van der Waals surface area contributed by atoms with Crippen LogP contribution in [0.15, 0.2) is 48.5 Å². The summed E-state index contributed by atoms with van der Waals surface area (Å²) in [5, 5.41) is 3.70. The van der Waals surface area contributed by atoms with Gasteiger partial charge >= 0.3 is 0 Å². The van der Waals surface area contributed by atoms with E-state index in [9.17, 15) is 17.6 Å². The number of halogens is 1. The number of hydrogen-bond donors (Lipinski definition) is 1. The second-order valence-corrected chi connectivity index (χ2v) is 9.41. The second kappa shape index (κ2) is 7.28. The summed E-state index contributed by atoms with van der Waals surface area (Å²) in [6.07, 6.45) is 1.14. The van der Waals surface area contributed by atoms with Crippen molar-refractivity contribution in [2.45, 2.75) is 13.0 Å². The predicted molar refractivity (Wildman–Crippen MR) is 107 cm³/mol. The third kappa shape index (κ3) is 4.28. The molecule has 2 aromatic carbocycles. The quantitative estimate of drug-likeness (QED) is 0.698. The number of carbonyl (C=O) groups is 1. The van der Waals surface area contributed by atoms with Gasteiger partial charge in [-0.3, -0.25) is 9.10 Å². The molecule has 8 heteroatoms. The lowest BCUT2D eigenvalue weighted by molar-refractivity contribution is 0.0944. The molecule has 27 heavy (non-hydrogen) atoms. The van der Waals surface area contributed by atoms with Gasteiger partial charge in [-0.2, -0.15) is 0 Å². The summed E-state index contributed by atoms with van der Waals surface area (Å²) in [5.74, 6) is -0.553. The summed E-state index contributed by atoms with van der Waals surface area (Å²) < 4.78 is 38.5. The third-order valence-electron chi connectivity index (χ3n) is 4.30. The van der Waals surface area contributed by atoms with Crippen molar-refractivity contribution in [3.63, 3.8) is 0 Å². The molecule has 3 aromatic rings. The lowest BCUT2D eigenvalue weighted by atomic mass is 10.1. The van der Waals surface area contributed by atoms with Gasteiger partial charge in [0.05, 0.1) is 22.9 Å². The van der Waals surface area contributed by atoms with E-state index in [-0.39, 0.29) is 17.8 Å². The first-order chi connectivity index (χ1) is 12.6. The Hall–Kier alpha value is -2.45. The number of thiophene rings is 1. The molecular formula is C19H19FN2O3S2. The van der Waals surface area contributed by atoms with Crippen molar-refractivity contribution in [3.05, 3.63) is 64.8 Å². The van der Waals surface area contributed by atoms with E-state index in [4.69, 9.17) is 0 Å². The Labute approximate surface area is 161 Å². The van der Waals surface area contributed by atoms with E-state index in [0.29, 0.717) is 10.6 Å². The van der Waals surface area contributed by atoms with E-state index < -0.39 is 10.0 Å². The molecule has 5 nitrogen and oxygen atoms in total. The fraction of sp³-hybridized carbons (Fsp3) is 0.211. The number of amides is 1. The van der Waals surface area contributed by atoms with E-state index in [2.05, 4.69) is 5.32 Å². The van der Waals surface area contributed by atoms with Gasteiger partial charge in [-0.05, 0) is 54.3 Å². The van der Waals surface area contributed by atoms with Crippen LogP contribution in [0.1, 0.15) is 28.2 Å². The Balaban J connectivity index is 1.82. The van der Waals surface area contributed by atoms with Crippen molar-refractivity contribution >= 4 is 43.0 Å². The van der Waals surface area contributed by atoms with Gasteiger partial charge in [0.15, 0.2) is 0 Å². The molecule has 0 saturated carbocycles. The minimum absolute atomic E-state index is 0.231. The van der Waals surface area contributed by atoms with E-state index in [1.165, 1.54) is 34.8 Å². The monoisotopic (exact) mass is 406 g/mol. The summed E-state index contributed by atoms with van der Waals surface area (Å²) in [4.78, 5) is 13.1. The highest BCUT2D eigenvalue weighted by atomic mass is 32.2. The van der Waals surface area contributed by atoms with E-state index in [0.717, 1.165) is 21.9 Å². The molecule has 0 spiro atoms. The molecule has 0 fully saturated rings. The summed E-state index contributed by atoms with van der Waals surface area (Å²) in [7, 11) is -1.87. The Kier molecular flexibility index (Phi) is 5.21. The largest absolute Gasteiger partial charge is 0.345 e. The van der Waals surface area contributed by atoms with Gasteiger partial charge in [0.2, 0.25) is 10.0 Å². The van der Waals surface area contributed by atoms with Crippen LogP contribution in [0.3, 0.4) is 0 Å². The average molecular weight is 407 g/mol. The molecule has 1 heterocycles. The molecule has 142 valence electrons. The van der Waals surface area contributed by atoms with Crippen LogP contribution in [0.5, 0.6) is 0 Å². The number of hydrogen-bond acceptors (Lipinski definition) is 4. The molecule has 0 aliphatic carbocycles. The van der Waals surface area contributed by atoms with Gasteiger partial charge < -0.3 is 5.32 Å². The molecule has 0 aliphatic rings. The van der Waals surface area contributed by atoms with Crippen LogP contribution < -0.4 is 9.62 Å². The van der Waals surface area contributed by atoms with Crippen molar-refractivity contribution in [2.75, 3.05) is 17.6 Å². The summed E-state index contributed by atoms with van der Waals surface area (Å²) in [5.41, 5.74) is 1.34. The molecule has 0 radical (unpaired) electrons. The number of nitrogens with one attached hydrogen (secondary N) is 1. The van der Waals surface area contributed by atoms with Gasteiger partial charge in [-0.1, -0.05) is 12.1 Å². The number of fused-ring (bicyclic) bond motifs is 1. The average Bonchev–Trinajstić information content (AvgIpc) is 3.04. The first kappa shape index (κ1) is 19.3. The maximum absolute atomic E-state index is 13.0. The molecule has 1 N–H and O–H groups in total. The van der Waals surface area contributed by atoms with Gasteiger partial charge in [0.1, 0.15) is 5.82 Å².